The van der Waals surface area contributed by atoms with Crippen LogP contribution in [-0.2, 0) is 0 Å². The molecule has 22 heavy (non-hydrogen) atoms. The van der Waals surface area contributed by atoms with E-state index in [0.29, 0.717) is 16.2 Å². The average molecular weight is 375 g/mol. The molecule has 0 aliphatic carbocycles. The van der Waals surface area contributed by atoms with Crippen molar-refractivity contribution in [2.24, 2.45) is 5.92 Å². The van der Waals surface area contributed by atoms with Gasteiger partial charge in [0, 0.05) is 20.9 Å². The van der Waals surface area contributed by atoms with Gasteiger partial charge in [-0.15, -0.1) is 0 Å². The maximum atomic E-state index is 9.39. The number of rotatable bonds is 2. The lowest BCUT2D eigenvalue weighted by Gasteiger charge is -2.24. The van der Waals surface area contributed by atoms with Crippen molar-refractivity contribution in [3.05, 3.63) is 62.9 Å². The van der Waals surface area contributed by atoms with Crippen LogP contribution in [0.5, 0.6) is 0 Å². The van der Waals surface area contributed by atoms with Gasteiger partial charge in [-0.3, -0.25) is 0 Å². The topological polar surface area (TPSA) is 59.6 Å². The molecule has 1 N–H and O–H groups in total. The predicted molar refractivity (Wildman–Crippen MR) is 91.2 cm³/mol. The Morgan fingerprint density at radius 1 is 1.14 bits per heavy atom. The summed E-state index contributed by atoms with van der Waals surface area (Å²) in [5.74, 6) is -0.424. The number of hydrogen-bond donors (Lipinski definition) is 1. The summed E-state index contributed by atoms with van der Waals surface area (Å²) < 4.78 is 0.962. The van der Waals surface area contributed by atoms with Gasteiger partial charge in [-0.2, -0.15) is 10.5 Å². The highest BCUT2D eigenvalue weighted by Crippen LogP contribution is 2.33. The van der Waals surface area contributed by atoms with E-state index in [0.717, 1.165) is 21.4 Å². The van der Waals surface area contributed by atoms with E-state index in [-0.39, 0.29) is 0 Å². The monoisotopic (exact) mass is 373 g/mol. The van der Waals surface area contributed by atoms with Crippen molar-refractivity contribution < 1.29 is 0 Å². The van der Waals surface area contributed by atoms with Crippen LogP contribution in [0.15, 0.2) is 57.4 Å². The maximum Gasteiger partial charge on any atom is 0.0975 e. The first-order chi connectivity index (χ1) is 10.5. The molecule has 0 saturated heterocycles. The van der Waals surface area contributed by atoms with E-state index in [4.69, 9.17) is 11.6 Å². The molecule has 0 amide bonds. The van der Waals surface area contributed by atoms with Crippen molar-refractivity contribution in [2.45, 2.75) is 13.8 Å². The molecule has 1 aromatic rings. The van der Waals surface area contributed by atoms with Crippen LogP contribution < -0.4 is 5.32 Å². The van der Waals surface area contributed by atoms with Crippen molar-refractivity contribution in [2.75, 3.05) is 0 Å². The van der Waals surface area contributed by atoms with Gasteiger partial charge in [-0.1, -0.05) is 45.7 Å². The van der Waals surface area contributed by atoms with Crippen LogP contribution in [0.3, 0.4) is 0 Å². The van der Waals surface area contributed by atoms with E-state index in [2.05, 4.69) is 33.4 Å². The van der Waals surface area contributed by atoms with E-state index < -0.39 is 5.92 Å². The van der Waals surface area contributed by atoms with E-state index in [1.807, 2.05) is 38.1 Å². The van der Waals surface area contributed by atoms with Crippen LogP contribution in [0.25, 0.3) is 5.03 Å². The van der Waals surface area contributed by atoms with Gasteiger partial charge in [0.15, 0.2) is 0 Å². The number of nitrogens with one attached hydrogen (secondary N) is 1. The normalized spacial score (nSPS) is 16.2. The fraction of sp³-hybridized carbons (Fsp3) is 0.176. The summed E-state index contributed by atoms with van der Waals surface area (Å²) in [5.41, 5.74) is 3.36. The molecule has 0 atom stereocenters. The zero-order valence-electron chi connectivity index (χ0n) is 12.1. The molecule has 5 heteroatoms. The molecular formula is C17H13BrClN3. The molecule has 1 aromatic carbocycles. The molecule has 0 aromatic heterocycles. The Morgan fingerprint density at radius 2 is 1.64 bits per heavy atom. The molecule has 0 radical (unpaired) electrons. The zero-order valence-corrected chi connectivity index (χ0v) is 14.5. The van der Waals surface area contributed by atoms with Gasteiger partial charge in [0.05, 0.1) is 29.2 Å². The van der Waals surface area contributed by atoms with Crippen molar-refractivity contribution in [1.29, 1.82) is 10.5 Å². The van der Waals surface area contributed by atoms with Crippen LogP contribution in [0.2, 0.25) is 0 Å². The number of halogens is 2. The van der Waals surface area contributed by atoms with Crippen molar-refractivity contribution in [3.63, 3.8) is 0 Å². The Morgan fingerprint density at radius 3 is 2.09 bits per heavy atom. The summed E-state index contributed by atoms with van der Waals surface area (Å²) in [7, 11) is 0. The molecule has 0 unspecified atom stereocenters. The van der Waals surface area contributed by atoms with Crippen LogP contribution in [-0.4, -0.2) is 0 Å². The molecule has 1 aliphatic heterocycles. The quantitative estimate of drug-likeness (QED) is 0.805. The van der Waals surface area contributed by atoms with Gasteiger partial charge in [-0.25, -0.2) is 0 Å². The molecule has 0 fully saturated rings. The lowest BCUT2D eigenvalue weighted by Crippen LogP contribution is -2.23. The van der Waals surface area contributed by atoms with Gasteiger partial charge in [-0.05, 0) is 31.5 Å². The number of hydrogen-bond acceptors (Lipinski definition) is 3. The highest BCUT2D eigenvalue weighted by molar-refractivity contribution is 9.10. The SMILES string of the molecule is CC1=C(C#N)C(/C=C(/Cl)c2ccc(Br)cc2)C(C#N)=C(C)N1. The summed E-state index contributed by atoms with van der Waals surface area (Å²) >= 11 is 9.77. The standard InChI is InChI=1S/C17H13BrClN3/c1-10-15(8-20)14(16(9-21)11(2)22-10)7-17(19)12-3-5-13(18)6-4-12/h3-7,14,22H,1-2H3/b17-7+. The van der Waals surface area contributed by atoms with Crippen molar-refractivity contribution in [3.8, 4) is 12.1 Å². The molecule has 0 saturated carbocycles. The second-order valence-electron chi connectivity index (χ2n) is 4.93. The minimum atomic E-state index is -0.424. The second kappa shape index (κ2) is 6.83. The van der Waals surface area contributed by atoms with Crippen LogP contribution in [0.1, 0.15) is 19.4 Å². The van der Waals surface area contributed by atoms with Crippen LogP contribution >= 0.6 is 27.5 Å². The Bertz CT molecular complexity index is 738. The third kappa shape index (κ3) is 3.25. The molecular weight excluding hydrogens is 362 g/mol. The van der Waals surface area contributed by atoms with E-state index in [1.165, 1.54) is 0 Å². The summed E-state index contributed by atoms with van der Waals surface area (Å²) in [6, 6.07) is 11.9. The highest BCUT2D eigenvalue weighted by atomic mass is 79.9. The van der Waals surface area contributed by atoms with Gasteiger partial charge < -0.3 is 5.32 Å². The number of dihydropyridines is 1. The smallest absolute Gasteiger partial charge is 0.0975 e. The summed E-state index contributed by atoms with van der Waals surface area (Å²) in [4.78, 5) is 0. The van der Waals surface area contributed by atoms with Gasteiger partial charge in [0.2, 0.25) is 0 Å². The highest BCUT2D eigenvalue weighted by Gasteiger charge is 2.26. The first kappa shape index (κ1) is 16.4. The average Bonchev–Trinajstić information content (AvgIpc) is 2.48. The van der Waals surface area contributed by atoms with Crippen molar-refractivity contribution >= 4 is 32.6 Å². The predicted octanol–water partition coefficient (Wildman–Crippen LogP) is 4.84. The molecule has 110 valence electrons. The van der Waals surface area contributed by atoms with E-state index in [9.17, 15) is 10.5 Å². The lowest BCUT2D eigenvalue weighted by atomic mass is 9.86. The number of nitriles is 2. The third-order valence-corrected chi connectivity index (χ3v) is 4.35. The first-order valence-electron chi connectivity index (χ1n) is 6.60. The second-order valence-corrected chi connectivity index (χ2v) is 6.25. The Labute approximate surface area is 143 Å². The Kier molecular flexibility index (Phi) is 5.08. The minimum absolute atomic E-state index is 0.424. The zero-order chi connectivity index (χ0) is 16.3. The maximum absolute atomic E-state index is 9.39. The summed E-state index contributed by atoms with van der Waals surface area (Å²) in [6.07, 6.45) is 1.76. The third-order valence-electron chi connectivity index (χ3n) is 3.48. The largest absolute Gasteiger partial charge is 0.361 e. The van der Waals surface area contributed by atoms with Crippen LogP contribution in [0.4, 0.5) is 0 Å². The van der Waals surface area contributed by atoms with Gasteiger partial charge in [0.25, 0.3) is 0 Å². The van der Waals surface area contributed by atoms with Gasteiger partial charge >= 0.3 is 0 Å². The molecule has 0 spiro atoms. The number of benzene rings is 1. The van der Waals surface area contributed by atoms with Gasteiger partial charge in [0.1, 0.15) is 0 Å². The fourth-order valence-corrected chi connectivity index (χ4v) is 2.87. The molecule has 0 bridgehead atoms. The summed E-state index contributed by atoms with van der Waals surface area (Å²) in [6.45, 7) is 3.65. The van der Waals surface area contributed by atoms with Crippen molar-refractivity contribution in [1.82, 2.24) is 5.32 Å². The number of nitrogens with zero attached hydrogens (tertiary/aromatic N) is 2. The van der Waals surface area contributed by atoms with Crippen LogP contribution in [0, 0.1) is 28.6 Å². The van der Waals surface area contributed by atoms with E-state index in [1.54, 1.807) is 6.08 Å². The molecule has 3 nitrogen and oxygen atoms in total. The summed E-state index contributed by atoms with van der Waals surface area (Å²) in [5, 5.41) is 22.4. The van der Waals surface area contributed by atoms with E-state index >= 15 is 0 Å². The number of allylic oxidation sites excluding steroid dienone is 5. The molecule has 1 aliphatic rings. The fourth-order valence-electron chi connectivity index (χ4n) is 2.35. The lowest BCUT2D eigenvalue weighted by molar-refractivity contribution is 0.799. The molecule has 2 rings (SSSR count). The Hall–Kier alpha value is -2.01. The minimum Gasteiger partial charge on any atom is -0.361 e. The molecule has 1 heterocycles. The Balaban J connectivity index is 2.49. The first-order valence-corrected chi connectivity index (χ1v) is 7.77.